The highest BCUT2D eigenvalue weighted by Crippen LogP contribution is 2.45. The van der Waals surface area contributed by atoms with Crippen LogP contribution in [-0.4, -0.2) is 33.1 Å². The Bertz CT molecular complexity index is 712. The summed E-state index contributed by atoms with van der Waals surface area (Å²) in [7, 11) is 0. The Hall–Kier alpha value is -1.67. The van der Waals surface area contributed by atoms with Gasteiger partial charge in [-0.15, -0.1) is 11.6 Å². The van der Waals surface area contributed by atoms with Crippen molar-refractivity contribution in [1.82, 2.24) is 9.55 Å². The van der Waals surface area contributed by atoms with Gasteiger partial charge in [0.05, 0.1) is 17.7 Å². The summed E-state index contributed by atoms with van der Waals surface area (Å²) in [5, 5.41) is 0. The van der Waals surface area contributed by atoms with E-state index in [0.29, 0.717) is 6.42 Å². The van der Waals surface area contributed by atoms with E-state index in [1.165, 1.54) is 6.92 Å². The molecule has 0 radical (unpaired) electrons. The molecule has 1 aromatic rings. The number of alkyl halides is 1. The first kappa shape index (κ1) is 17.7. The van der Waals surface area contributed by atoms with E-state index in [9.17, 15) is 18.8 Å². The quantitative estimate of drug-likeness (QED) is 0.651. The molecule has 0 spiro atoms. The average molecular weight is 349 g/mol. The van der Waals surface area contributed by atoms with Crippen LogP contribution >= 0.6 is 11.6 Å². The molecular formula is C14H18ClFN2O5. The van der Waals surface area contributed by atoms with Gasteiger partial charge in [-0.2, -0.15) is 4.39 Å². The molecule has 2 rings (SSSR count). The standard InChI is InChI=1S/C14H18ClFN2O5/c1-4-14(6-15)7(2)10(22-8(3)19)12(23-14)18-5-9(16)11(20)17-13(18)21/h5,7,10,12H,4,6H2,1-3H3,(H,17,20,21)/t7-,10+,12+,14-/m0/s1. The van der Waals surface area contributed by atoms with Crippen LogP contribution in [0, 0.1) is 11.7 Å². The Kier molecular flexibility index (Phi) is 4.95. The summed E-state index contributed by atoms with van der Waals surface area (Å²) in [6, 6.07) is 0. The van der Waals surface area contributed by atoms with Crippen LogP contribution in [-0.2, 0) is 14.3 Å². The van der Waals surface area contributed by atoms with Crippen LogP contribution in [0.5, 0.6) is 0 Å². The minimum atomic E-state index is -1.14. The summed E-state index contributed by atoms with van der Waals surface area (Å²) in [6.07, 6.45) is -0.665. The second-order valence-electron chi connectivity index (χ2n) is 5.57. The third-order valence-electron chi connectivity index (χ3n) is 4.28. The Morgan fingerprint density at radius 1 is 1.57 bits per heavy atom. The molecule has 128 valence electrons. The van der Waals surface area contributed by atoms with Crippen molar-refractivity contribution in [2.24, 2.45) is 5.92 Å². The zero-order valence-electron chi connectivity index (χ0n) is 13.0. The van der Waals surface area contributed by atoms with Crippen molar-refractivity contribution < 1.29 is 18.7 Å². The molecule has 0 bridgehead atoms. The van der Waals surface area contributed by atoms with Gasteiger partial charge in [-0.05, 0) is 6.42 Å². The van der Waals surface area contributed by atoms with Crippen molar-refractivity contribution in [3.63, 3.8) is 0 Å². The fourth-order valence-electron chi connectivity index (χ4n) is 2.83. The number of hydrogen-bond acceptors (Lipinski definition) is 5. The summed E-state index contributed by atoms with van der Waals surface area (Å²) in [5.74, 6) is -1.92. The van der Waals surface area contributed by atoms with Gasteiger partial charge in [0.25, 0.3) is 5.56 Å². The third-order valence-corrected chi connectivity index (χ3v) is 4.74. The highest BCUT2D eigenvalue weighted by Gasteiger charge is 2.54. The summed E-state index contributed by atoms with van der Waals surface area (Å²) in [4.78, 5) is 36.4. The monoisotopic (exact) mass is 348 g/mol. The lowest BCUT2D eigenvalue weighted by Gasteiger charge is -2.29. The minimum Gasteiger partial charge on any atom is -0.457 e. The Morgan fingerprint density at radius 2 is 2.22 bits per heavy atom. The topological polar surface area (TPSA) is 90.4 Å². The van der Waals surface area contributed by atoms with E-state index in [-0.39, 0.29) is 11.8 Å². The van der Waals surface area contributed by atoms with Crippen LogP contribution < -0.4 is 11.2 Å². The summed E-state index contributed by atoms with van der Waals surface area (Å²) < 4.78 is 25.6. The number of nitrogens with zero attached hydrogens (tertiary/aromatic N) is 1. The van der Waals surface area contributed by atoms with Crippen molar-refractivity contribution in [2.45, 2.75) is 45.1 Å². The van der Waals surface area contributed by atoms with E-state index in [2.05, 4.69) is 0 Å². The largest absolute Gasteiger partial charge is 0.457 e. The van der Waals surface area contributed by atoms with Gasteiger partial charge in [0, 0.05) is 12.8 Å². The minimum absolute atomic E-state index is 0.111. The highest BCUT2D eigenvalue weighted by molar-refractivity contribution is 6.18. The SMILES string of the molecule is CC[C@@]1(CCl)O[C@@H](n2cc(F)c(=O)[nH]c2=O)[C@H](OC(C)=O)[C@@H]1C. The normalized spacial score (nSPS) is 30.4. The number of ether oxygens (including phenoxy) is 2. The third kappa shape index (κ3) is 3.05. The molecule has 1 aromatic heterocycles. The fraction of sp³-hybridized carbons (Fsp3) is 0.643. The van der Waals surface area contributed by atoms with Crippen LogP contribution in [0.2, 0.25) is 0 Å². The molecule has 2 heterocycles. The van der Waals surface area contributed by atoms with Crippen molar-refractivity contribution >= 4 is 17.6 Å². The van der Waals surface area contributed by atoms with Gasteiger partial charge >= 0.3 is 11.7 Å². The molecule has 9 heteroatoms. The maximum Gasteiger partial charge on any atom is 0.330 e. The van der Waals surface area contributed by atoms with Crippen LogP contribution in [0.15, 0.2) is 15.8 Å². The predicted octanol–water partition coefficient (Wildman–Crippen LogP) is 1.16. The van der Waals surface area contributed by atoms with Gasteiger partial charge in [-0.1, -0.05) is 13.8 Å². The van der Waals surface area contributed by atoms with Gasteiger partial charge in [-0.25, -0.2) is 4.79 Å². The second-order valence-corrected chi connectivity index (χ2v) is 5.83. The molecule has 0 unspecified atom stereocenters. The van der Waals surface area contributed by atoms with Crippen LogP contribution in [0.3, 0.4) is 0 Å². The number of halogens is 2. The highest BCUT2D eigenvalue weighted by atomic mass is 35.5. The van der Waals surface area contributed by atoms with Gasteiger partial charge < -0.3 is 9.47 Å². The van der Waals surface area contributed by atoms with Crippen molar-refractivity contribution in [3.8, 4) is 0 Å². The van der Waals surface area contributed by atoms with Crippen molar-refractivity contribution in [2.75, 3.05) is 5.88 Å². The number of rotatable bonds is 4. The van der Waals surface area contributed by atoms with Crippen LogP contribution in [0.4, 0.5) is 4.39 Å². The lowest BCUT2D eigenvalue weighted by molar-refractivity contribution is -0.154. The zero-order valence-corrected chi connectivity index (χ0v) is 13.7. The molecule has 1 fully saturated rings. The second kappa shape index (κ2) is 6.45. The van der Waals surface area contributed by atoms with Gasteiger partial charge in [0.1, 0.15) is 0 Å². The molecule has 0 aromatic carbocycles. The van der Waals surface area contributed by atoms with E-state index in [4.69, 9.17) is 21.1 Å². The predicted molar refractivity (Wildman–Crippen MR) is 79.9 cm³/mol. The number of hydrogen-bond donors (Lipinski definition) is 1. The number of nitrogens with one attached hydrogen (secondary N) is 1. The number of esters is 1. The van der Waals surface area contributed by atoms with Crippen molar-refractivity contribution in [1.29, 1.82) is 0 Å². The molecule has 0 saturated carbocycles. The number of carbonyl (C=O) groups excluding carboxylic acids is 1. The van der Waals surface area contributed by atoms with Crippen LogP contribution in [0.25, 0.3) is 0 Å². The molecule has 7 nitrogen and oxygen atoms in total. The Morgan fingerprint density at radius 3 is 2.74 bits per heavy atom. The van der Waals surface area contributed by atoms with E-state index in [1.54, 1.807) is 6.92 Å². The smallest absolute Gasteiger partial charge is 0.330 e. The maximum atomic E-state index is 13.6. The lowest BCUT2D eigenvalue weighted by atomic mass is 9.86. The lowest BCUT2D eigenvalue weighted by Crippen LogP contribution is -2.39. The molecule has 4 atom stereocenters. The van der Waals surface area contributed by atoms with Gasteiger partial charge in [0.2, 0.25) is 5.82 Å². The molecule has 1 N–H and O–H groups in total. The number of H-pyrrole nitrogens is 1. The van der Waals surface area contributed by atoms with E-state index < -0.39 is 41.0 Å². The number of aromatic amines is 1. The van der Waals surface area contributed by atoms with Gasteiger partial charge in [0.15, 0.2) is 12.3 Å². The summed E-state index contributed by atoms with van der Waals surface area (Å²) >= 11 is 6.03. The Labute approximate surface area is 136 Å². The molecule has 1 aliphatic heterocycles. The first-order chi connectivity index (χ1) is 10.8. The molecule has 1 saturated heterocycles. The fourth-order valence-corrected chi connectivity index (χ4v) is 3.33. The first-order valence-electron chi connectivity index (χ1n) is 7.17. The summed E-state index contributed by atoms with van der Waals surface area (Å²) in [6.45, 7) is 4.86. The summed E-state index contributed by atoms with van der Waals surface area (Å²) in [5.41, 5.74) is -2.81. The molecule has 0 aliphatic carbocycles. The number of carbonyl (C=O) groups is 1. The molecule has 23 heavy (non-hydrogen) atoms. The van der Waals surface area contributed by atoms with Crippen molar-refractivity contribution in [3.05, 3.63) is 32.9 Å². The maximum absolute atomic E-state index is 13.6. The number of aromatic nitrogens is 2. The molecular weight excluding hydrogens is 331 g/mol. The van der Waals surface area contributed by atoms with E-state index in [0.717, 1.165) is 10.8 Å². The average Bonchev–Trinajstić information content (AvgIpc) is 2.76. The zero-order chi connectivity index (χ0) is 17.4. The van der Waals surface area contributed by atoms with Crippen LogP contribution in [0.1, 0.15) is 33.4 Å². The van der Waals surface area contributed by atoms with E-state index >= 15 is 0 Å². The Balaban J connectivity index is 2.54. The molecule has 0 amide bonds. The first-order valence-corrected chi connectivity index (χ1v) is 7.71. The molecule has 1 aliphatic rings. The van der Waals surface area contributed by atoms with Gasteiger partial charge in [-0.3, -0.25) is 19.1 Å². The van der Waals surface area contributed by atoms with E-state index in [1.807, 2.05) is 11.9 Å².